The average Bonchev–Trinajstić information content (AvgIpc) is 3.14. The first-order chi connectivity index (χ1) is 12.1. The molecule has 3 fully saturated rings. The maximum Gasteiger partial charge on any atom is 0.254 e. The Bertz CT molecular complexity index is 701. The number of hydrogen-bond acceptors (Lipinski definition) is 2. The smallest absolute Gasteiger partial charge is 0.254 e. The van der Waals surface area contributed by atoms with Gasteiger partial charge in [-0.1, -0.05) is 6.07 Å². The van der Waals surface area contributed by atoms with Crippen LogP contribution >= 0.6 is 0 Å². The monoisotopic (exact) mass is 344 g/mol. The zero-order chi connectivity index (χ0) is 17.6. The fourth-order valence-corrected chi connectivity index (χ4v) is 4.42. The van der Waals surface area contributed by atoms with Crippen LogP contribution in [0.4, 0.5) is 4.39 Å². The Morgan fingerprint density at radius 1 is 1.12 bits per heavy atom. The molecule has 0 radical (unpaired) electrons. The van der Waals surface area contributed by atoms with Crippen LogP contribution in [0, 0.1) is 24.6 Å². The molecule has 1 aliphatic carbocycles. The van der Waals surface area contributed by atoms with E-state index in [4.69, 9.17) is 0 Å². The second-order valence-electron chi connectivity index (χ2n) is 7.73. The molecule has 2 unspecified atom stereocenters. The van der Waals surface area contributed by atoms with Crippen molar-refractivity contribution in [1.29, 1.82) is 0 Å². The number of halogens is 1. The van der Waals surface area contributed by atoms with E-state index >= 15 is 0 Å². The van der Waals surface area contributed by atoms with E-state index in [1.54, 1.807) is 19.1 Å². The van der Waals surface area contributed by atoms with Crippen molar-refractivity contribution >= 4 is 11.8 Å². The van der Waals surface area contributed by atoms with E-state index in [9.17, 15) is 14.0 Å². The molecule has 25 heavy (non-hydrogen) atoms. The first kappa shape index (κ1) is 16.6. The van der Waals surface area contributed by atoms with Crippen LogP contribution < -0.4 is 0 Å². The van der Waals surface area contributed by atoms with Crippen molar-refractivity contribution in [1.82, 2.24) is 9.80 Å². The van der Waals surface area contributed by atoms with Crippen molar-refractivity contribution < 1.29 is 14.0 Å². The van der Waals surface area contributed by atoms with Crippen molar-refractivity contribution in [3.8, 4) is 0 Å². The third kappa shape index (κ3) is 3.05. The van der Waals surface area contributed by atoms with Crippen LogP contribution in [-0.2, 0) is 4.79 Å². The highest BCUT2D eigenvalue weighted by atomic mass is 19.1. The van der Waals surface area contributed by atoms with Crippen LogP contribution in [0.25, 0.3) is 0 Å². The van der Waals surface area contributed by atoms with Crippen molar-refractivity contribution in [2.24, 2.45) is 11.8 Å². The summed E-state index contributed by atoms with van der Waals surface area (Å²) in [7, 11) is 0. The van der Waals surface area contributed by atoms with Crippen molar-refractivity contribution in [3.05, 3.63) is 35.1 Å². The molecule has 3 aliphatic rings. The SMILES string of the molecule is Cc1c(F)cccc1C(=O)N1CCC(C2CCCN2C(=O)C2CC2)C1. The van der Waals surface area contributed by atoms with Gasteiger partial charge in [-0.05, 0) is 62.6 Å². The Morgan fingerprint density at radius 2 is 1.92 bits per heavy atom. The molecule has 0 spiro atoms. The Balaban J connectivity index is 1.45. The zero-order valence-corrected chi connectivity index (χ0v) is 14.7. The van der Waals surface area contributed by atoms with Crippen LogP contribution in [0.3, 0.4) is 0 Å². The second-order valence-corrected chi connectivity index (χ2v) is 7.73. The summed E-state index contributed by atoms with van der Waals surface area (Å²) >= 11 is 0. The Hall–Kier alpha value is -1.91. The van der Waals surface area contributed by atoms with Gasteiger partial charge in [0.25, 0.3) is 5.91 Å². The van der Waals surface area contributed by atoms with Crippen LogP contribution in [0.5, 0.6) is 0 Å². The fourth-order valence-electron chi connectivity index (χ4n) is 4.42. The molecule has 2 saturated heterocycles. The summed E-state index contributed by atoms with van der Waals surface area (Å²) in [5, 5.41) is 0. The summed E-state index contributed by atoms with van der Waals surface area (Å²) < 4.78 is 13.8. The Kier molecular flexibility index (Phi) is 4.26. The minimum atomic E-state index is -0.335. The normalized spacial score (nSPS) is 26.3. The van der Waals surface area contributed by atoms with Gasteiger partial charge in [0.2, 0.25) is 5.91 Å². The third-order valence-corrected chi connectivity index (χ3v) is 6.06. The Morgan fingerprint density at radius 3 is 2.68 bits per heavy atom. The lowest BCUT2D eigenvalue weighted by Gasteiger charge is -2.29. The molecule has 134 valence electrons. The molecular weight excluding hydrogens is 319 g/mol. The minimum absolute atomic E-state index is 0.0856. The van der Waals surface area contributed by atoms with Crippen LogP contribution in [0.1, 0.15) is 48.0 Å². The molecule has 1 aromatic rings. The number of hydrogen-bond donors (Lipinski definition) is 0. The highest BCUT2D eigenvalue weighted by Crippen LogP contribution is 2.37. The van der Waals surface area contributed by atoms with Crippen LogP contribution in [-0.4, -0.2) is 47.3 Å². The largest absolute Gasteiger partial charge is 0.339 e. The highest BCUT2D eigenvalue weighted by molar-refractivity contribution is 5.95. The number of benzene rings is 1. The number of nitrogens with zero attached hydrogens (tertiary/aromatic N) is 2. The predicted molar refractivity (Wildman–Crippen MR) is 92.6 cm³/mol. The molecular formula is C20H25FN2O2. The molecule has 2 amide bonds. The van der Waals surface area contributed by atoms with Crippen LogP contribution in [0.15, 0.2) is 18.2 Å². The molecule has 0 aromatic heterocycles. The van der Waals surface area contributed by atoms with E-state index in [0.29, 0.717) is 36.0 Å². The van der Waals surface area contributed by atoms with Gasteiger partial charge < -0.3 is 9.80 Å². The third-order valence-electron chi connectivity index (χ3n) is 6.06. The number of likely N-dealkylation sites (tertiary alicyclic amines) is 2. The topological polar surface area (TPSA) is 40.6 Å². The quantitative estimate of drug-likeness (QED) is 0.846. The van der Waals surface area contributed by atoms with E-state index in [1.165, 1.54) is 6.07 Å². The standard InChI is InChI=1S/C20H25FN2O2/c1-13-16(4-2-5-17(13)21)20(25)22-11-9-15(12-22)18-6-3-10-23(18)19(24)14-7-8-14/h2,4-5,14-15,18H,3,6-12H2,1H3. The van der Waals surface area contributed by atoms with Gasteiger partial charge in [-0.3, -0.25) is 9.59 Å². The minimum Gasteiger partial charge on any atom is -0.339 e. The number of carbonyl (C=O) groups is 2. The fraction of sp³-hybridized carbons (Fsp3) is 0.600. The summed E-state index contributed by atoms with van der Waals surface area (Å²) in [6.45, 7) is 3.89. The molecule has 4 nitrogen and oxygen atoms in total. The molecule has 2 heterocycles. The van der Waals surface area contributed by atoms with Gasteiger partial charge in [0.1, 0.15) is 5.82 Å². The van der Waals surface area contributed by atoms with E-state index < -0.39 is 0 Å². The lowest BCUT2D eigenvalue weighted by Crippen LogP contribution is -2.42. The van der Waals surface area contributed by atoms with E-state index in [2.05, 4.69) is 4.90 Å². The van der Waals surface area contributed by atoms with Crippen molar-refractivity contribution in [2.75, 3.05) is 19.6 Å². The molecule has 5 heteroatoms. The molecule has 1 aromatic carbocycles. The maximum absolute atomic E-state index is 13.8. The van der Waals surface area contributed by atoms with E-state index in [-0.39, 0.29) is 23.7 Å². The summed E-state index contributed by atoms with van der Waals surface area (Å²) in [5.74, 6) is 0.516. The molecule has 4 rings (SSSR count). The van der Waals surface area contributed by atoms with Gasteiger partial charge in [0, 0.05) is 37.2 Å². The van der Waals surface area contributed by atoms with Crippen molar-refractivity contribution in [2.45, 2.75) is 45.1 Å². The predicted octanol–water partition coefficient (Wildman–Crippen LogP) is 3.00. The second kappa shape index (κ2) is 6.43. The highest BCUT2D eigenvalue weighted by Gasteiger charge is 2.43. The molecule has 0 bridgehead atoms. The van der Waals surface area contributed by atoms with E-state index in [0.717, 1.165) is 38.6 Å². The first-order valence-electron chi connectivity index (χ1n) is 9.41. The number of rotatable bonds is 3. The number of amides is 2. The molecule has 2 atom stereocenters. The summed E-state index contributed by atoms with van der Waals surface area (Å²) in [4.78, 5) is 29.2. The summed E-state index contributed by atoms with van der Waals surface area (Å²) in [6.07, 6.45) is 5.12. The van der Waals surface area contributed by atoms with Crippen LogP contribution in [0.2, 0.25) is 0 Å². The summed E-state index contributed by atoms with van der Waals surface area (Å²) in [5.41, 5.74) is 0.875. The molecule has 1 saturated carbocycles. The van der Waals surface area contributed by atoms with E-state index in [1.807, 2.05) is 4.90 Å². The molecule has 0 N–H and O–H groups in total. The van der Waals surface area contributed by atoms with Gasteiger partial charge in [-0.25, -0.2) is 4.39 Å². The summed E-state index contributed by atoms with van der Waals surface area (Å²) in [6, 6.07) is 4.96. The average molecular weight is 344 g/mol. The van der Waals surface area contributed by atoms with Gasteiger partial charge in [-0.15, -0.1) is 0 Å². The van der Waals surface area contributed by atoms with Gasteiger partial charge >= 0.3 is 0 Å². The molecule has 2 aliphatic heterocycles. The Labute approximate surface area is 148 Å². The van der Waals surface area contributed by atoms with Gasteiger partial charge in [-0.2, -0.15) is 0 Å². The maximum atomic E-state index is 13.8. The van der Waals surface area contributed by atoms with Gasteiger partial charge in [0.05, 0.1) is 0 Å². The zero-order valence-electron chi connectivity index (χ0n) is 14.7. The van der Waals surface area contributed by atoms with Gasteiger partial charge in [0.15, 0.2) is 0 Å². The lowest BCUT2D eigenvalue weighted by atomic mass is 9.96. The van der Waals surface area contributed by atoms with Crippen molar-refractivity contribution in [3.63, 3.8) is 0 Å². The lowest BCUT2D eigenvalue weighted by molar-refractivity contribution is -0.134. The number of carbonyl (C=O) groups excluding carboxylic acids is 2. The first-order valence-corrected chi connectivity index (χ1v) is 9.41.